The van der Waals surface area contributed by atoms with Gasteiger partial charge in [-0.1, -0.05) is 19.1 Å². The number of hydrogen-bond acceptors (Lipinski definition) is 7. The Morgan fingerprint density at radius 1 is 1.07 bits per heavy atom. The number of nitrogens with two attached hydrogens (primary N) is 1. The number of alkyl carbamates (subject to hydrolysis) is 1. The molecule has 0 bridgehead atoms. The van der Waals surface area contributed by atoms with Gasteiger partial charge in [0.25, 0.3) is 5.91 Å². The number of phenolic OH excluding ortho intramolecular Hbond substituents is 1. The predicted octanol–water partition coefficient (Wildman–Crippen LogP) is 3.48. The summed E-state index contributed by atoms with van der Waals surface area (Å²) >= 11 is 0. The number of phenols is 1. The van der Waals surface area contributed by atoms with Gasteiger partial charge in [0.2, 0.25) is 11.8 Å². The highest BCUT2D eigenvalue weighted by Gasteiger charge is 2.48. The van der Waals surface area contributed by atoms with Gasteiger partial charge in [-0.05, 0) is 81.5 Å². The molecule has 1 aliphatic rings. The Bertz CT molecular complexity index is 1210. The molecule has 1 aliphatic carbocycles. The molecule has 216 valence electrons. The van der Waals surface area contributed by atoms with Crippen LogP contribution in [0.3, 0.4) is 0 Å². The number of carbonyl (C=O) groups is 4. The summed E-state index contributed by atoms with van der Waals surface area (Å²) in [5.41, 5.74) is 5.49. The number of rotatable bonds is 11. The summed E-state index contributed by atoms with van der Waals surface area (Å²) in [7, 11) is 1.54. The van der Waals surface area contributed by atoms with Crippen molar-refractivity contribution in [1.82, 2.24) is 10.2 Å². The van der Waals surface area contributed by atoms with Crippen molar-refractivity contribution in [2.45, 2.75) is 70.7 Å². The highest BCUT2D eigenvalue weighted by Crippen LogP contribution is 2.41. The Morgan fingerprint density at radius 2 is 1.68 bits per heavy atom. The van der Waals surface area contributed by atoms with Crippen LogP contribution in [0.25, 0.3) is 0 Å². The van der Waals surface area contributed by atoms with Crippen molar-refractivity contribution in [2.75, 3.05) is 12.4 Å². The minimum atomic E-state index is -1.18. The summed E-state index contributed by atoms with van der Waals surface area (Å²) in [6.45, 7) is 7.03. The number of benzene rings is 2. The lowest BCUT2D eigenvalue weighted by Crippen LogP contribution is -2.53. The Labute approximate surface area is 234 Å². The molecule has 11 heteroatoms. The summed E-state index contributed by atoms with van der Waals surface area (Å²) < 4.78 is 10.5. The number of carbonyl (C=O) groups excluding carboxylic acids is 4. The number of ether oxygens (including phenoxy) is 2. The zero-order chi connectivity index (χ0) is 29.6. The van der Waals surface area contributed by atoms with Crippen LogP contribution in [0.4, 0.5) is 10.5 Å². The molecule has 0 heterocycles. The number of primary amides is 1. The van der Waals surface area contributed by atoms with Crippen LogP contribution in [0.1, 0.15) is 58.6 Å². The largest absolute Gasteiger partial charge is 0.508 e. The molecular formula is C29H38N4O7. The Morgan fingerprint density at radius 3 is 2.17 bits per heavy atom. The molecule has 5 N–H and O–H groups in total. The predicted molar refractivity (Wildman–Crippen MR) is 148 cm³/mol. The van der Waals surface area contributed by atoms with Crippen molar-refractivity contribution in [3.05, 3.63) is 54.1 Å². The lowest BCUT2D eigenvalue weighted by Gasteiger charge is -2.35. The third-order valence-corrected chi connectivity index (χ3v) is 6.44. The fourth-order valence-corrected chi connectivity index (χ4v) is 4.33. The van der Waals surface area contributed by atoms with Gasteiger partial charge in [-0.15, -0.1) is 0 Å². The molecular weight excluding hydrogens is 516 g/mol. The van der Waals surface area contributed by atoms with E-state index in [0.29, 0.717) is 23.4 Å². The van der Waals surface area contributed by atoms with E-state index >= 15 is 0 Å². The highest BCUT2D eigenvalue weighted by atomic mass is 16.6. The van der Waals surface area contributed by atoms with Crippen LogP contribution < -0.4 is 21.1 Å². The highest BCUT2D eigenvalue weighted by molar-refractivity contribution is 5.99. The molecule has 4 amide bonds. The van der Waals surface area contributed by atoms with Crippen molar-refractivity contribution >= 4 is 29.5 Å². The fourth-order valence-electron chi connectivity index (χ4n) is 4.33. The lowest BCUT2D eigenvalue weighted by molar-refractivity contribution is -0.142. The molecule has 3 rings (SSSR count). The van der Waals surface area contributed by atoms with Crippen molar-refractivity contribution in [1.29, 1.82) is 0 Å². The second kappa shape index (κ2) is 12.7. The molecule has 11 nitrogen and oxygen atoms in total. The third kappa shape index (κ3) is 8.36. The van der Waals surface area contributed by atoms with Crippen molar-refractivity contribution < 1.29 is 33.8 Å². The molecule has 4 unspecified atom stereocenters. The smallest absolute Gasteiger partial charge is 0.408 e. The third-order valence-electron chi connectivity index (χ3n) is 6.44. The Kier molecular flexibility index (Phi) is 9.62. The number of hydrogen-bond donors (Lipinski definition) is 4. The Balaban J connectivity index is 2.00. The first-order valence-corrected chi connectivity index (χ1v) is 13.1. The summed E-state index contributed by atoms with van der Waals surface area (Å²) in [5.74, 6) is -0.972. The van der Waals surface area contributed by atoms with Crippen LogP contribution in [0.2, 0.25) is 0 Å². The van der Waals surface area contributed by atoms with Gasteiger partial charge in [0.05, 0.1) is 7.11 Å². The Hall–Kier alpha value is -4.28. The number of aromatic hydroxyl groups is 1. The van der Waals surface area contributed by atoms with Crippen LogP contribution in [0.15, 0.2) is 48.5 Å². The quantitative estimate of drug-likeness (QED) is 0.331. The van der Waals surface area contributed by atoms with Gasteiger partial charge in [-0.2, -0.15) is 0 Å². The van der Waals surface area contributed by atoms with E-state index in [1.165, 1.54) is 24.1 Å². The van der Waals surface area contributed by atoms with Crippen LogP contribution in [-0.2, 0) is 19.1 Å². The minimum absolute atomic E-state index is 0.00153. The van der Waals surface area contributed by atoms with E-state index in [4.69, 9.17) is 15.2 Å². The van der Waals surface area contributed by atoms with Crippen molar-refractivity contribution in [2.24, 2.45) is 11.7 Å². The van der Waals surface area contributed by atoms with E-state index in [1.54, 1.807) is 57.2 Å². The van der Waals surface area contributed by atoms with E-state index in [9.17, 15) is 24.3 Å². The molecule has 0 radical (unpaired) electrons. The maximum atomic E-state index is 14.2. The molecule has 2 aromatic carbocycles. The monoisotopic (exact) mass is 554 g/mol. The lowest BCUT2D eigenvalue weighted by atomic mass is 10.0. The van der Waals surface area contributed by atoms with Crippen molar-refractivity contribution in [3.8, 4) is 11.5 Å². The van der Waals surface area contributed by atoms with E-state index in [0.717, 1.165) is 0 Å². The van der Waals surface area contributed by atoms with Gasteiger partial charge in [0, 0.05) is 18.2 Å². The van der Waals surface area contributed by atoms with Crippen LogP contribution in [0.5, 0.6) is 11.5 Å². The molecule has 1 fully saturated rings. The first kappa shape index (κ1) is 30.3. The number of nitrogens with zero attached hydrogens (tertiary/aromatic N) is 1. The maximum absolute atomic E-state index is 14.2. The second-order valence-electron chi connectivity index (χ2n) is 10.9. The van der Waals surface area contributed by atoms with Crippen LogP contribution in [-0.4, -0.2) is 58.6 Å². The molecule has 40 heavy (non-hydrogen) atoms. The maximum Gasteiger partial charge on any atom is 0.408 e. The number of nitrogens with one attached hydrogen (secondary N) is 2. The minimum Gasteiger partial charge on any atom is -0.508 e. The van der Waals surface area contributed by atoms with E-state index in [1.807, 2.05) is 6.92 Å². The van der Waals surface area contributed by atoms with Crippen LogP contribution >= 0.6 is 0 Å². The average molecular weight is 555 g/mol. The fraction of sp³-hybridized carbons (Fsp3) is 0.448. The normalized spacial score (nSPS) is 17.6. The number of amides is 4. The van der Waals surface area contributed by atoms with Gasteiger partial charge < -0.3 is 35.8 Å². The zero-order valence-corrected chi connectivity index (χ0v) is 23.5. The topological polar surface area (TPSA) is 160 Å². The van der Waals surface area contributed by atoms with Crippen molar-refractivity contribution in [3.63, 3.8) is 0 Å². The summed E-state index contributed by atoms with van der Waals surface area (Å²) in [6, 6.07) is 10.2. The zero-order valence-electron chi connectivity index (χ0n) is 23.5. The summed E-state index contributed by atoms with van der Waals surface area (Å²) in [6.07, 6.45) is -0.427. The number of methoxy groups -OCH3 is 1. The van der Waals surface area contributed by atoms with Gasteiger partial charge in [-0.3, -0.25) is 14.4 Å². The SMILES string of the molecule is COc1ccc(NC(=O)C(c2ccc(O)cc2)N(C(=O)C(CCC(N)=O)NC(=O)OC(C)(C)C)C2CC2C)cc1. The second-order valence-corrected chi connectivity index (χ2v) is 10.9. The summed E-state index contributed by atoms with van der Waals surface area (Å²) in [4.78, 5) is 53.7. The van der Waals surface area contributed by atoms with Gasteiger partial charge in [-0.25, -0.2) is 4.79 Å². The first-order chi connectivity index (χ1) is 18.8. The van der Waals surface area contributed by atoms with Crippen LogP contribution in [0, 0.1) is 5.92 Å². The average Bonchev–Trinajstić information content (AvgIpc) is 3.60. The van der Waals surface area contributed by atoms with E-state index in [-0.39, 0.29) is 30.6 Å². The molecule has 0 spiro atoms. The summed E-state index contributed by atoms with van der Waals surface area (Å²) in [5, 5.41) is 15.3. The van der Waals surface area contributed by atoms with E-state index in [2.05, 4.69) is 10.6 Å². The molecule has 4 atom stereocenters. The molecule has 2 aromatic rings. The van der Waals surface area contributed by atoms with Gasteiger partial charge in [0.15, 0.2) is 0 Å². The molecule has 1 saturated carbocycles. The van der Waals surface area contributed by atoms with Gasteiger partial charge >= 0.3 is 6.09 Å². The first-order valence-electron chi connectivity index (χ1n) is 13.1. The van der Waals surface area contributed by atoms with E-state index < -0.39 is 41.5 Å². The molecule has 0 aromatic heterocycles. The number of anilines is 1. The molecule has 0 saturated heterocycles. The molecule has 0 aliphatic heterocycles. The standard InChI is InChI=1S/C29H38N4O7/c1-17-16-23(17)33(27(37)22(14-15-24(30)35)32-28(38)40-29(2,3)4)25(18-6-10-20(34)11-7-18)26(36)31-19-8-12-21(39-5)13-9-19/h6-13,17,22-23,25,34H,14-16H2,1-5H3,(H2,30,35)(H,31,36)(H,32,38). The van der Waals surface area contributed by atoms with Gasteiger partial charge in [0.1, 0.15) is 29.2 Å².